The summed E-state index contributed by atoms with van der Waals surface area (Å²) in [5.41, 5.74) is 2.71. The average Bonchev–Trinajstić information content (AvgIpc) is 2.70. The summed E-state index contributed by atoms with van der Waals surface area (Å²) in [5.74, 6) is 5.33. The van der Waals surface area contributed by atoms with Gasteiger partial charge in [-0.2, -0.15) is 4.31 Å². The molecule has 7 heteroatoms. The number of rotatable bonds is 3. The molecule has 0 bridgehead atoms. The second-order valence-corrected chi connectivity index (χ2v) is 7.11. The standard InChI is InChI=1S/C11H18N4O2S/c1-11(2)5-7-15(8-11)18(16,17)10-9(14-12)4-3-6-13-10/h3-4,6,14H,5,7-8,12H2,1-2H3. The maximum atomic E-state index is 12.5. The number of nitrogens with one attached hydrogen (secondary N) is 1. The lowest BCUT2D eigenvalue weighted by Crippen LogP contribution is -2.31. The predicted molar refractivity (Wildman–Crippen MR) is 69.2 cm³/mol. The number of pyridine rings is 1. The molecule has 0 unspecified atom stereocenters. The Balaban J connectivity index is 2.38. The highest BCUT2D eigenvalue weighted by Crippen LogP contribution is 2.33. The lowest BCUT2D eigenvalue weighted by molar-refractivity contribution is 0.375. The summed E-state index contributed by atoms with van der Waals surface area (Å²) in [6.45, 7) is 5.15. The van der Waals surface area contributed by atoms with Gasteiger partial charge in [-0.3, -0.25) is 5.84 Å². The van der Waals surface area contributed by atoms with Gasteiger partial charge in [-0.25, -0.2) is 13.4 Å². The van der Waals surface area contributed by atoms with Crippen LogP contribution in [0.15, 0.2) is 23.4 Å². The lowest BCUT2D eigenvalue weighted by Gasteiger charge is -2.20. The highest BCUT2D eigenvalue weighted by Gasteiger charge is 2.38. The van der Waals surface area contributed by atoms with Crippen LogP contribution in [0, 0.1) is 5.41 Å². The molecule has 1 aliphatic rings. The molecule has 100 valence electrons. The summed E-state index contributed by atoms with van der Waals surface area (Å²) in [6, 6.07) is 3.24. The van der Waals surface area contributed by atoms with E-state index in [0.29, 0.717) is 18.8 Å². The van der Waals surface area contributed by atoms with Gasteiger partial charge in [0.1, 0.15) is 0 Å². The number of nitrogens with two attached hydrogens (primary N) is 1. The van der Waals surface area contributed by atoms with Crippen molar-refractivity contribution in [3.8, 4) is 0 Å². The van der Waals surface area contributed by atoms with Crippen molar-refractivity contribution >= 4 is 15.7 Å². The van der Waals surface area contributed by atoms with Crippen LogP contribution in [0.3, 0.4) is 0 Å². The van der Waals surface area contributed by atoms with Gasteiger partial charge >= 0.3 is 0 Å². The number of anilines is 1. The molecule has 2 heterocycles. The van der Waals surface area contributed by atoms with Crippen LogP contribution >= 0.6 is 0 Å². The van der Waals surface area contributed by atoms with Crippen LogP contribution < -0.4 is 11.3 Å². The molecule has 1 saturated heterocycles. The summed E-state index contributed by atoms with van der Waals surface area (Å²) >= 11 is 0. The van der Waals surface area contributed by atoms with Crippen LogP contribution in [0.2, 0.25) is 0 Å². The van der Waals surface area contributed by atoms with Gasteiger partial charge in [0.15, 0.2) is 5.03 Å². The monoisotopic (exact) mass is 270 g/mol. The number of hydrazine groups is 1. The maximum absolute atomic E-state index is 12.5. The molecule has 0 radical (unpaired) electrons. The van der Waals surface area contributed by atoms with Crippen LogP contribution in [-0.2, 0) is 10.0 Å². The topological polar surface area (TPSA) is 88.3 Å². The number of nitrogen functional groups attached to an aromatic ring is 1. The van der Waals surface area contributed by atoms with Crippen molar-refractivity contribution in [2.75, 3.05) is 18.5 Å². The van der Waals surface area contributed by atoms with Gasteiger partial charge in [0.2, 0.25) is 0 Å². The second kappa shape index (κ2) is 4.49. The van der Waals surface area contributed by atoms with Gasteiger partial charge < -0.3 is 5.43 Å². The molecular weight excluding hydrogens is 252 g/mol. The Morgan fingerprint density at radius 3 is 2.78 bits per heavy atom. The van der Waals surface area contributed by atoms with E-state index in [1.54, 1.807) is 12.1 Å². The number of sulfonamides is 1. The summed E-state index contributed by atoms with van der Waals surface area (Å²) in [7, 11) is -3.57. The lowest BCUT2D eigenvalue weighted by atomic mass is 9.93. The fourth-order valence-electron chi connectivity index (χ4n) is 2.10. The Morgan fingerprint density at radius 1 is 1.50 bits per heavy atom. The second-order valence-electron chi connectivity index (χ2n) is 5.25. The third kappa shape index (κ3) is 2.33. The van der Waals surface area contributed by atoms with Gasteiger partial charge in [0.05, 0.1) is 5.69 Å². The van der Waals surface area contributed by atoms with E-state index < -0.39 is 10.0 Å². The average molecular weight is 270 g/mol. The summed E-state index contributed by atoms with van der Waals surface area (Å²) < 4.78 is 26.4. The first kappa shape index (κ1) is 13.3. The van der Waals surface area contributed by atoms with Crippen LogP contribution in [0.4, 0.5) is 5.69 Å². The fourth-order valence-corrected chi connectivity index (χ4v) is 3.79. The normalized spacial score (nSPS) is 19.9. The van der Waals surface area contributed by atoms with E-state index in [1.165, 1.54) is 10.5 Å². The first-order valence-electron chi connectivity index (χ1n) is 5.79. The third-order valence-corrected chi connectivity index (χ3v) is 4.96. The molecule has 1 aromatic rings. The van der Waals surface area contributed by atoms with Gasteiger partial charge in [-0.15, -0.1) is 0 Å². The first-order valence-corrected chi connectivity index (χ1v) is 7.23. The Morgan fingerprint density at radius 2 is 2.22 bits per heavy atom. The van der Waals surface area contributed by atoms with E-state index in [4.69, 9.17) is 5.84 Å². The first-order chi connectivity index (χ1) is 8.37. The van der Waals surface area contributed by atoms with E-state index in [9.17, 15) is 8.42 Å². The van der Waals surface area contributed by atoms with Crippen molar-refractivity contribution in [2.45, 2.75) is 25.3 Å². The molecule has 0 atom stereocenters. The number of hydrogen-bond acceptors (Lipinski definition) is 5. The van der Waals surface area contributed by atoms with Crippen LogP contribution in [0.1, 0.15) is 20.3 Å². The zero-order valence-electron chi connectivity index (χ0n) is 10.5. The van der Waals surface area contributed by atoms with Crippen molar-refractivity contribution in [1.29, 1.82) is 0 Å². The quantitative estimate of drug-likeness (QED) is 0.626. The van der Waals surface area contributed by atoms with Gasteiger partial charge in [-0.1, -0.05) is 13.8 Å². The summed E-state index contributed by atoms with van der Waals surface area (Å²) in [6.07, 6.45) is 2.30. The minimum absolute atomic E-state index is 0.00907. The van der Waals surface area contributed by atoms with Gasteiger partial charge in [-0.05, 0) is 24.0 Å². The zero-order chi connectivity index (χ0) is 13.4. The van der Waals surface area contributed by atoms with Gasteiger partial charge in [0, 0.05) is 19.3 Å². The SMILES string of the molecule is CC1(C)CCN(S(=O)(=O)c2ncccc2NN)C1. The third-order valence-electron chi connectivity index (χ3n) is 3.15. The predicted octanol–water partition coefficient (Wildman–Crippen LogP) is 0.788. The molecule has 0 saturated carbocycles. The van der Waals surface area contributed by atoms with Crippen molar-refractivity contribution < 1.29 is 8.42 Å². The molecular formula is C11H18N4O2S. The molecule has 0 amide bonds. The van der Waals surface area contributed by atoms with Crippen LogP contribution in [0.25, 0.3) is 0 Å². The molecule has 3 N–H and O–H groups in total. The fraction of sp³-hybridized carbons (Fsp3) is 0.545. The number of nitrogens with zero attached hydrogens (tertiary/aromatic N) is 2. The van der Waals surface area contributed by atoms with E-state index in [1.807, 2.05) is 0 Å². The Hall–Kier alpha value is -1.18. The molecule has 1 aliphatic heterocycles. The maximum Gasteiger partial charge on any atom is 0.262 e. The molecule has 6 nitrogen and oxygen atoms in total. The Bertz CT molecular complexity index is 542. The molecule has 18 heavy (non-hydrogen) atoms. The summed E-state index contributed by atoms with van der Waals surface area (Å²) in [4.78, 5) is 3.94. The Labute approximate surface area is 107 Å². The van der Waals surface area contributed by atoms with Gasteiger partial charge in [0.25, 0.3) is 10.0 Å². The minimum Gasteiger partial charge on any atom is -0.321 e. The summed E-state index contributed by atoms with van der Waals surface area (Å²) in [5, 5.41) is -0.00907. The molecule has 1 aromatic heterocycles. The van der Waals surface area contributed by atoms with E-state index in [0.717, 1.165) is 6.42 Å². The van der Waals surface area contributed by atoms with Crippen LogP contribution in [-0.4, -0.2) is 30.8 Å². The minimum atomic E-state index is -3.57. The van der Waals surface area contributed by atoms with E-state index in [-0.39, 0.29) is 10.4 Å². The van der Waals surface area contributed by atoms with Crippen LogP contribution in [0.5, 0.6) is 0 Å². The number of hydrogen-bond donors (Lipinski definition) is 2. The van der Waals surface area contributed by atoms with E-state index >= 15 is 0 Å². The molecule has 0 aromatic carbocycles. The highest BCUT2D eigenvalue weighted by atomic mass is 32.2. The van der Waals surface area contributed by atoms with Crippen molar-refractivity contribution in [3.05, 3.63) is 18.3 Å². The smallest absolute Gasteiger partial charge is 0.262 e. The molecule has 2 rings (SSSR count). The molecule has 1 fully saturated rings. The molecule has 0 aliphatic carbocycles. The largest absolute Gasteiger partial charge is 0.321 e. The zero-order valence-corrected chi connectivity index (χ0v) is 11.4. The van der Waals surface area contributed by atoms with Crippen molar-refractivity contribution in [3.63, 3.8) is 0 Å². The number of aromatic nitrogens is 1. The molecule has 0 spiro atoms. The van der Waals surface area contributed by atoms with Crippen molar-refractivity contribution in [2.24, 2.45) is 11.3 Å². The highest BCUT2D eigenvalue weighted by molar-refractivity contribution is 7.89. The Kier molecular flexibility index (Phi) is 3.31. The van der Waals surface area contributed by atoms with Crippen molar-refractivity contribution in [1.82, 2.24) is 9.29 Å². The van der Waals surface area contributed by atoms with E-state index in [2.05, 4.69) is 24.3 Å².